The highest BCUT2D eigenvalue weighted by Crippen LogP contribution is 2.32. The third-order valence-electron chi connectivity index (χ3n) is 5.07. The lowest BCUT2D eigenvalue weighted by atomic mass is 9.89. The van der Waals surface area contributed by atoms with Crippen molar-refractivity contribution in [3.63, 3.8) is 0 Å². The minimum Gasteiger partial charge on any atom is -0.379 e. The number of nitrogens with one attached hydrogen (secondary N) is 1. The van der Waals surface area contributed by atoms with E-state index in [0.717, 1.165) is 25.7 Å². The molecule has 28 heavy (non-hydrogen) atoms. The molecule has 152 valence electrons. The SMILES string of the molecule is CN(C)[C@H]1CCCC[C@@H]1Nc1cc(F)c(S(=O)(=O)Cc2ccncn2)cc1Cl. The van der Waals surface area contributed by atoms with Crippen LogP contribution in [0.1, 0.15) is 31.4 Å². The van der Waals surface area contributed by atoms with Gasteiger partial charge in [-0.2, -0.15) is 0 Å². The van der Waals surface area contributed by atoms with E-state index in [1.54, 1.807) is 0 Å². The van der Waals surface area contributed by atoms with Crippen LogP contribution < -0.4 is 5.32 Å². The van der Waals surface area contributed by atoms with E-state index in [4.69, 9.17) is 11.6 Å². The fourth-order valence-corrected chi connectivity index (χ4v) is 5.30. The second kappa shape index (κ2) is 8.71. The molecule has 1 heterocycles. The predicted octanol–water partition coefficient (Wildman–Crippen LogP) is 3.53. The average Bonchev–Trinajstić information content (AvgIpc) is 2.65. The molecular formula is C19H24ClFN4O2S. The molecule has 1 aromatic heterocycles. The van der Waals surface area contributed by atoms with Gasteiger partial charge >= 0.3 is 0 Å². The molecule has 0 spiro atoms. The molecule has 0 radical (unpaired) electrons. The molecule has 9 heteroatoms. The first kappa shape index (κ1) is 21.0. The summed E-state index contributed by atoms with van der Waals surface area (Å²) in [5, 5.41) is 3.51. The van der Waals surface area contributed by atoms with E-state index in [1.807, 2.05) is 14.1 Å². The number of likely N-dealkylation sites (N-methyl/N-ethyl adjacent to an activating group) is 1. The molecule has 2 aromatic rings. The lowest BCUT2D eigenvalue weighted by molar-refractivity contribution is 0.211. The summed E-state index contributed by atoms with van der Waals surface area (Å²) < 4.78 is 40.0. The van der Waals surface area contributed by atoms with Crippen LogP contribution in [0.3, 0.4) is 0 Å². The fraction of sp³-hybridized carbons (Fsp3) is 0.474. The third kappa shape index (κ3) is 4.79. The molecule has 1 aliphatic carbocycles. The highest BCUT2D eigenvalue weighted by molar-refractivity contribution is 7.90. The second-order valence-corrected chi connectivity index (χ2v) is 9.65. The van der Waals surface area contributed by atoms with Gasteiger partial charge in [0.25, 0.3) is 0 Å². The number of halogens is 2. The average molecular weight is 427 g/mol. The summed E-state index contributed by atoms with van der Waals surface area (Å²) in [6, 6.07) is 4.29. The summed E-state index contributed by atoms with van der Waals surface area (Å²) >= 11 is 6.32. The minimum atomic E-state index is -3.93. The molecule has 3 rings (SSSR count). The topological polar surface area (TPSA) is 75.2 Å². The van der Waals surface area contributed by atoms with Gasteiger partial charge in [-0.25, -0.2) is 22.8 Å². The van der Waals surface area contributed by atoms with Gasteiger partial charge in [0, 0.05) is 18.3 Å². The van der Waals surface area contributed by atoms with Crippen LogP contribution in [0.4, 0.5) is 10.1 Å². The summed E-state index contributed by atoms with van der Waals surface area (Å²) in [6.07, 6.45) is 6.95. The van der Waals surface area contributed by atoms with Gasteiger partial charge in [-0.15, -0.1) is 0 Å². The maximum Gasteiger partial charge on any atom is 0.187 e. The smallest absolute Gasteiger partial charge is 0.187 e. The van der Waals surface area contributed by atoms with Crippen molar-refractivity contribution in [2.24, 2.45) is 0 Å². The second-order valence-electron chi connectivity index (χ2n) is 7.29. The molecule has 1 aliphatic rings. The van der Waals surface area contributed by atoms with Gasteiger partial charge in [0.15, 0.2) is 9.84 Å². The summed E-state index contributed by atoms with van der Waals surface area (Å²) in [5.74, 6) is -1.24. The summed E-state index contributed by atoms with van der Waals surface area (Å²) in [4.78, 5) is 9.38. The summed E-state index contributed by atoms with van der Waals surface area (Å²) in [5.41, 5.74) is 0.711. The Morgan fingerprint density at radius 1 is 1.29 bits per heavy atom. The Morgan fingerprint density at radius 2 is 2.04 bits per heavy atom. The molecule has 1 fully saturated rings. The zero-order valence-corrected chi connectivity index (χ0v) is 17.5. The quantitative estimate of drug-likeness (QED) is 0.761. The number of benzene rings is 1. The van der Waals surface area contributed by atoms with Crippen LogP contribution in [-0.4, -0.2) is 49.5 Å². The highest BCUT2D eigenvalue weighted by Gasteiger charge is 2.28. The van der Waals surface area contributed by atoms with Crippen LogP contribution in [0.2, 0.25) is 5.02 Å². The van der Waals surface area contributed by atoms with Crippen LogP contribution in [0.5, 0.6) is 0 Å². The lowest BCUT2D eigenvalue weighted by Crippen LogP contribution is -2.45. The Bertz CT molecular complexity index is 925. The lowest BCUT2D eigenvalue weighted by Gasteiger charge is -2.37. The molecule has 0 amide bonds. The van der Waals surface area contributed by atoms with Gasteiger partial charge in [-0.3, -0.25) is 0 Å². The van der Waals surface area contributed by atoms with Crippen molar-refractivity contribution in [1.82, 2.24) is 14.9 Å². The van der Waals surface area contributed by atoms with E-state index in [9.17, 15) is 12.8 Å². The van der Waals surface area contributed by atoms with Crippen LogP contribution >= 0.6 is 11.6 Å². The van der Waals surface area contributed by atoms with Gasteiger partial charge < -0.3 is 10.2 Å². The van der Waals surface area contributed by atoms with Crippen molar-refractivity contribution < 1.29 is 12.8 Å². The first-order chi connectivity index (χ1) is 13.3. The maximum absolute atomic E-state index is 14.7. The molecule has 1 saturated carbocycles. The Labute approximate surface area is 170 Å². The van der Waals surface area contributed by atoms with Crippen molar-refractivity contribution in [3.8, 4) is 0 Å². The van der Waals surface area contributed by atoms with E-state index < -0.39 is 26.3 Å². The van der Waals surface area contributed by atoms with Crippen molar-refractivity contribution in [2.45, 2.75) is 48.4 Å². The normalized spacial score (nSPS) is 20.3. The van der Waals surface area contributed by atoms with Crippen molar-refractivity contribution >= 4 is 27.1 Å². The number of nitrogens with zero attached hydrogens (tertiary/aromatic N) is 3. The maximum atomic E-state index is 14.7. The minimum absolute atomic E-state index is 0.129. The molecule has 2 atom stereocenters. The molecule has 0 unspecified atom stereocenters. The Balaban J connectivity index is 1.84. The third-order valence-corrected chi connectivity index (χ3v) is 7.04. The van der Waals surface area contributed by atoms with Gasteiger partial charge in [-0.1, -0.05) is 24.4 Å². The van der Waals surface area contributed by atoms with Crippen LogP contribution in [0, 0.1) is 5.82 Å². The standard InChI is InChI=1S/C19H24ClFN4O2S/c1-25(2)18-6-4-3-5-16(18)24-17-10-15(21)19(9-14(17)20)28(26,27)11-13-7-8-22-12-23-13/h7-10,12,16,18,24H,3-6,11H2,1-2H3/t16-,18-/m0/s1. The van der Waals surface area contributed by atoms with Gasteiger partial charge in [0.05, 0.1) is 22.2 Å². The van der Waals surface area contributed by atoms with E-state index in [-0.39, 0.29) is 11.1 Å². The molecule has 1 aromatic carbocycles. The van der Waals surface area contributed by atoms with Crippen LogP contribution in [-0.2, 0) is 15.6 Å². The Morgan fingerprint density at radius 3 is 2.71 bits per heavy atom. The van der Waals surface area contributed by atoms with E-state index in [1.165, 1.54) is 30.7 Å². The Kier molecular flexibility index (Phi) is 6.52. The number of rotatable bonds is 6. The molecule has 0 aliphatic heterocycles. The predicted molar refractivity (Wildman–Crippen MR) is 108 cm³/mol. The largest absolute Gasteiger partial charge is 0.379 e. The monoisotopic (exact) mass is 426 g/mol. The molecule has 0 bridgehead atoms. The summed E-state index contributed by atoms with van der Waals surface area (Å²) in [6.45, 7) is 0. The number of anilines is 1. The van der Waals surface area contributed by atoms with E-state index >= 15 is 0 Å². The number of aromatic nitrogens is 2. The Hall–Kier alpha value is -1.77. The zero-order valence-electron chi connectivity index (χ0n) is 15.9. The fourth-order valence-electron chi connectivity index (χ4n) is 3.65. The van der Waals surface area contributed by atoms with Crippen molar-refractivity contribution in [1.29, 1.82) is 0 Å². The van der Waals surface area contributed by atoms with Crippen molar-refractivity contribution in [2.75, 3.05) is 19.4 Å². The van der Waals surface area contributed by atoms with E-state index in [0.29, 0.717) is 17.4 Å². The molecule has 0 saturated heterocycles. The van der Waals surface area contributed by atoms with Crippen molar-refractivity contribution in [3.05, 3.63) is 47.3 Å². The van der Waals surface area contributed by atoms with Gasteiger partial charge in [0.1, 0.15) is 17.0 Å². The molecule has 6 nitrogen and oxygen atoms in total. The van der Waals surface area contributed by atoms with Crippen LogP contribution in [0.25, 0.3) is 0 Å². The van der Waals surface area contributed by atoms with Gasteiger partial charge in [-0.05, 0) is 45.1 Å². The highest BCUT2D eigenvalue weighted by atomic mass is 35.5. The number of hydrogen-bond donors (Lipinski definition) is 1. The molecular weight excluding hydrogens is 403 g/mol. The first-order valence-electron chi connectivity index (χ1n) is 9.17. The first-order valence-corrected chi connectivity index (χ1v) is 11.2. The summed E-state index contributed by atoms with van der Waals surface area (Å²) in [7, 11) is 0.121. The zero-order chi connectivity index (χ0) is 20.3. The van der Waals surface area contributed by atoms with E-state index in [2.05, 4.69) is 20.2 Å². The molecule has 1 N–H and O–H groups in total. The van der Waals surface area contributed by atoms with Gasteiger partial charge in [0.2, 0.25) is 0 Å². The number of hydrogen-bond acceptors (Lipinski definition) is 6. The van der Waals surface area contributed by atoms with Crippen LogP contribution in [0.15, 0.2) is 35.6 Å². The number of sulfone groups is 1.